The molecular weight excluding hydrogens is 256 g/mol. The lowest BCUT2D eigenvalue weighted by Gasteiger charge is -2.40. The zero-order valence-corrected chi connectivity index (χ0v) is 13.5. The zero-order valence-electron chi connectivity index (χ0n) is 12.7. The minimum Gasteiger partial charge on any atom is -0.276 e. The Bertz CT molecular complexity index is 405. The lowest BCUT2D eigenvalue weighted by atomic mass is 9.68. The van der Waals surface area contributed by atoms with E-state index in [4.69, 9.17) is 11.6 Å². The highest BCUT2D eigenvalue weighted by Gasteiger charge is 2.34. The topological polar surface area (TPSA) is 17.8 Å². The number of hydrogen-bond acceptors (Lipinski definition) is 1. The van der Waals surface area contributed by atoms with Gasteiger partial charge in [-0.05, 0) is 54.9 Å². The van der Waals surface area contributed by atoms with Crippen molar-refractivity contribution in [1.82, 2.24) is 9.78 Å². The number of aryl methyl sites for hydroxylation is 2. The van der Waals surface area contributed by atoms with Gasteiger partial charge in [0.05, 0.1) is 6.20 Å². The Hall–Kier alpha value is -0.500. The van der Waals surface area contributed by atoms with Crippen LogP contribution in [-0.2, 0) is 13.5 Å². The Balaban J connectivity index is 1.90. The molecule has 1 aliphatic rings. The molecule has 2 rings (SSSR count). The lowest BCUT2D eigenvalue weighted by molar-refractivity contribution is 0.140. The van der Waals surface area contributed by atoms with Crippen molar-refractivity contribution in [3.63, 3.8) is 0 Å². The predicted molar refractivity (Wildman–Crippen MR) is 81.5 cm³/mol. The maximum Gasteiger partial charge on any atom is 0.0521 e. The van der Waals surface area contributed by atoms with Crippen LogP contribution in [0.25, 0.3) is 0 Å². The van der Waals surface area contributed by atoms with Crippen molar-refractivity contribution in [2.24, 2.45) is 24.3 Å². The first-order chi connectivity index (χ1) is 8.86. The molecular formula is C16H27ClN2. The van der Waals surface area contributed by atoms with E-state index in [0.29, 0.717) is 16.7 Å². The first-order valence-corrected chi connectivity index (χ1v) is 7.91. The van der Waals surface area contributed by atoms with Gasteiger partial charge in [-0.1, -0.05) is 20.8 Å². The van der Waals surface area contributed by atoms with Gasteiger partial charge < -0.3 is 0 Å². The van der Waals surface area contributed by atoms with Crippen molar-refractivity contribution in [2.45, 2.75) is 58.3 Å². The van der Waals surface area contributed by atoms with E-state index in [0.717, 1.165) is 12.3 Å². The fourth-order valence-corrected chi connectivity index (χ4v) is 3.62. The van der Waals surface area contributed by atoms with Gasteiger partial charge in [0.2, 0.25) is 0 Å². The number of hydrogen-bond donors (Lipinski definition) is 0. The molecule has 3 atom stereocenters. The third kappa shape index (κ3) is 3.98. The zero-order chi connectivity index (χ0) is 14.0. The molecule has 0 N–H and O–H groups in total. The Kier molecular flexibility index (Phi) is 4.60. The number of halogens is 1. The lowest BCUT2D eigenvalue weighted by Crippen LogP contribution is -2.32. The predicted octanol–water partition coefficient (Wildman–Crippen LogP) is 4.42. The number of nitrogens with zero attached hydrogens (tertiary/aromatic N) is 2. The van der Waals surface area contributed by atoms with Crippen molar-refractivity contribution < 1.29 is 0 Å². The summed E-state index contributed by atoms with van der Waals surface area (Å²) < 4.78 is 1.88. The Morgan fingerprint density at radius 1 is 1.37 bits per heavy atom. The molecule has 0 saturated heterocycles. The fraction of sp³-hybridized carbons (Fsp3) is 0.812. The van der Waals surface area contributed by atoms with Gasteiger partial charge in [0.25, 0.3) is 0 Å². The Labute approximate surface area is 122 Å². The summed E-state index contributed by atoms with van der Waals surface area (Å²) in [5, 5.41) is 4.61. The molecule has 1 saturated carbocycles. The summed E-state index contributed by atoms with van der Waals surface area (Å²) in [7, 11) is 1.98. The smallest absolute Gasteiger partial charge is 0.0521 e. The first-order valence-electron chi connectivity index (χ1n) is 7.48. The maximum atomic E-state index is 6.55. The van der Waals surface area contributed by atoms with Crippen LogP contribution in [0.1, 0.15) is 52.0 Å². The van der Waals surface area contributed by atoms with Crippen molar-refractivity contribution in [3.8, 4) is 0 Å². The molecule has 0 aliphatic heterocycles. The van der Waals surface area contributed by atoms with E-state index in [-0.39, 0.29) is 0 Å². The van der Waals surface area contributed by atoms with Gasteiger partial charge in [0.15, 0.2) is 0 Å². The molecule has 0 spiro atoms. The van der Waals surface area contributed by atoms with Gasteiger partial charge in [-0.3, -0.25) is 4.68 Å². The molecule has 2 nitrogen and oxygen atoms in total. The van der Waals surface area contributed by atoms with E-state index in [1.807, 2.05) is 17.9 Å². The number of alkyl halides is 1. The summed E-state index contributed by atoms with van der Waals surface area (Å²) in [4.78, 5) is 0. The molecule has 108 valence electrons. The highest BCUT2D eigenvalue weighted by Crippen LogP contribution is 2.43. The second-order valence-corrected chi connectivity index (χ2v) is 7.77. The average Bonchev–Trinajstić information content (AvgIpc) is 2.72. The highest BCUT2D eigenvalue weighted by atomic mass is 35.5. The van der Waals surface area contributed by atoms with E-state index in [9.17, 15) is 0 Å². The van der Waals surface area contributed by atoms with Crippen LogP contribution in [-0.4, -0.2) is 15.2 Å². The standard InChI is InChI=1S/C16H27ClN2/c1-16(2,3)14-7-8-15(17)13(9-14)6-5-12-10-18-19(4)11-12/h10-11,13-15H,5-9H2,1-4H3. The van der Waals surface area contributed by atoms with Crippen LogP contribution >= 0.6 is 11.6 Å². The molecule has 0 radical (unpaired) electrons. The van der Waals surface area contributed by atoms with Gasteiger partial charge >= 0.3 is 0 Å². The Morgan fingerprint density at radius 3 is 2.68 bits per heavy atom. The van der Waals surface area contributed by atoms with Gasteiger partial charge in [0.1, 0.15) is 0 Å². The summed E-state index contributed by atoms with van der Waals surface area (Å²) in [6.45, 7) is 7.10. The van der Waals surface area contributed by atoms with E-state index >= 15 is 0 Å². The van der Waals surface area contributed by atoms with Crippen molar-refractivity contribution in [3.05, 3.63) is 18.0 Å². The quantitative estimate of drug-likeness (QED) is 0.750. The Morgan fingerprint density at radius 2 is 2.11 bits per heavy atom. The van der Waals surface area contributed by atoms with Crippen molar-refractivity contribution >= 4 is 11.6 Å². The van der Waals surface area contributed by atoms with E-state index < -0.39 is 0 Å². The van der Waals surface area contributed by atoms with Crippen molar-refractivity contribution in [2.75, 3.05) is 0 Å². The molecule has 1 aliphatic carbocycles. The summed E-state index contributed by atoms with van der Waals surface area (Å²) in [6, 6.07) is 0. The molecule has 3 unspecified atom stereocenters. The highest BCUT2D eigenvalue weighted by molar-refractivity contribution is 6.20. The third-order valence-electron chi connectivity index (χ3n) is 4.68. The molecule has 0 bridgehead atoms. The molecule has 0 amide bonds. The van der Waals surface area contributed by atoms with Crippen LogP contribution in [0.4, 0.5) is 0 Å². The molecule has 3 heteroatoms. The average molecular weight is 283 g/mol. The fourth-order valence-electron chi connectivity index (χ4n) is 3.27. The third-order valence-corrected chi connectivity index (χ3v) is 5.25. The van der Waals surface area contributed by atoms with Gasteiger partial charge in [0, 0.05) is 18.6 Å². The molecule has 1 aromatic rings. The summed E-state index contributed by atoms with van der Waals surface area (Å²) >= 11 is 6.55. The first kappa shape index (κ1) is 14.9. The monoisotopic (exact) mass is 282 g/mol. The van der Waals surface area contributed by atoms with E-state index in [2.05, 4.69) is 32.1 Å². The molecule has 1 heterocycles. The minimum atomic E-state index is 0.371. The van der Waals surface area contributed by atoms with Gasteiger partial charge in [-0.15, -0.1) is 11.6 Å². The van der Waals surface area contributed by atoms with E-state index in [1.54, 1.807) is 0 Å². The van der Waals surface area contributed by atoms with Crippen LogP contribution in [0.15, 0.2) is 12.4 Å². The second-order valence-electron chi connectivity index (χ2n) is 7.21. The largest absolute Gasteiger partial charge is 0.276 e. The summed E-state index contributed by atoms with van der Waals surface area (Å²) in [6.07, 6.45) is 10.2. The van der Waals surface area contributed by atoms with Crippen LogP contribution in [0.2, 0.25) is 0 Å². The van der Waals surface area contributed by atoms with Crippen LogP contribution < -0.4 is 0 Å². The normalized spacial score (nSPS) is 28.6. The SMILES string of the molecule is Cn1cc(CCC2CC(C(C)(C)C)CCC2Cl)cn1. The van der Waals surface area contributed by atoms with E-state index in [1.165, 1.54) is 31.2 Å². The second kappa shape index (κ2) is 5.87. The summed E-state index contributed by atoms with van der Waals surface area (Å²) in [5.41, 5.74) is 1.76. The van der Waals surface area contributed by atoms with Crippen LogP contribution in [0.5, 0.6) is 0 Å². The van der Waals surface area contributed by atoms with Crippen LogP contribution in [0, 0.1) is 17.3 Å². The number of rotatable bonds is 3. The number of aromatic nitrogens is 2. The van der Waals surface area contributed by atoms with Gasteiger partial charge in [-0.2, -0.15) is 5.10 Å². The molecule has 1 aromatic heterocycles. The maximum absolute atomic E-state index is 6.55. The minimum absolute atomic E-state index is 0.371. The molecule has 19 heavy (non-hydrogen) atoms. The molecule has 0 aromatic carbocycles. The van der Waals surface area contributed by atoms with Gasteiger partial charge in [-0.25, -0.2) is 0 Å². The van der Waals surface area contributed by atoms with Crippen molar-refractivity contribution in [1.29, 1.82) is 0 Å². The molecule has 1 fully saturated rings. The summed E-state index contributed by atoms with van der Waals surface area (Å²) in [5.74, 6) is 1.49. The van der Waals surface area contributed by atoms with Crippen LogP contribution in [0.3, 0.4) is 0 Å².